The Labute approximate surface area is 119 Å². The summed E-state index contributed by atoms with van der Waals surface area (Å²) in [5, 5.41) is 11.6. The van der Waals surface area contributed by atoms with Crippen LogP contribution in [0, 0.1) is 0 Å². The highest BCUT2D eigenvalue weighted by atomic mass is 16.5. The molecule has 1 aliphatic heterocycles. The van der Waals surface area contributed by atoms with Crippen LogP contribution < -0.4 is 15.2 Å². The van der Waals surface area contributed by atoms with Crippen molar-refractivity contribution in [3.63, 3.8) is 0 Å². The van der Waals surface area contributed by atoms with E-state index >= 15 is 0 Å². The fraction of sp³-hybridized carbons (Fsp3) is 0.533. The zero-order valence-corrected chi connectivity index (χ0v) is 12.2. The molecule has 3 N–H and O–H groups in total. The Morgan fingerprint density at radius 3 is 2.95 bits per heavy atom. The van der Waals surface area contributed by atoms with Crippen LogP contribution in [-0.2, 0) is 6.42 Å². The minimum atomic E-state index is -0.199. The molecule has 0 aliphatic carbocycles. The van der Waals surface area contributed by atoms with E-state index in [-0.39, 0.29) is 17.5 Å². The molecule has 1 atom stereocenters. The van der Waals surface area contributed by atoms with Gasteiger partial charge in [0.2, 0.25) is 0 Å². The SMILES string of the molecule is CCC(C/C(N)=N/O)Oc1cccc2c1OC(C)(C)C2. The van der Waals surface area contributed by atoms with Gasteiger partial charge in [-0.15, -0.1) is 0 Å². The number of fused-ring (bicyclic) bond motifs is 1. The molecule has 0 amide bonds. The lowest BCUT2D eigenvalue weighted by molar-refractivity contribution is 0.125. The molecular formula is C15H22N2O3. The highest BCUT2D eigenvalue weighted by Crippen LogP contribution is 2.42. The van der Waals surface area contributed by atoms with Crippen LogP contribution in [0.4, 0.5) is 0 Å². The zero-order chi connectivity index (χ0) is 14.8. The van der Waals surface area contributed by atoms with E-state index in [2.05, 4.69) is 25.1 Å². The van der Waals surface area contributed by atoms with Crippen LogP contribution in [0.1, 0.15) is 39.2 Å². The lowest BCUT2D eigenvalue weighted by Gasteiger charge is -2.21. The van der Waals surface area contributed by atoms with Crippen LogP contribution in [0.15, 0.2) is 23.4 Å². The van der Waals surface area contributed by atoms with Crippen LogP contribution in [-0.4, -0.2) is 22.7 Å². The van der Waals surface area contributed by atoms with Gasteiger partial charge in [0, 0.05) is 18.4 Å². The van der Waals surface area contributed by atoms with Crippen LogP contribution in [0.5, 0.6) is 11.5 Å². The number of ether oxygens (including phenoxy) is 2. The molecule has 1 unspecified atom stereocenters. The highest BCUT2D eigenvalue weighted by Gasteiger charge is 2.32. The summed E-state index contributed by atoms with van der Waals surface area (Å²) in [5.74, 6) is 1.71. The van der Waals surface area contributed by atoms with E-state index in [1.54, 1.807) is 0 Å². The van der Waals surface area contributed by atoms with E-state index < -0.39 is 0 Å². The lowest BCUT2D eigenvalue weighted by Crippen LogP contribution is -2.26. The summed E-state index contributed by atoms with van der Waals surface area (Å²) in [6.07, 6.45) is 1.89. The van der Waals surface area contributed by atoms with Crippen molar-refractivity contribution in [1.82, 2.24) is 0 Å². The van der Waals surface area contributed by atoms with Gasteiger partial charge in [0.15, 0.2) is 11.5 Å². The van der Waals surface area contributed by atoms with Gasteiger partial charge in [0.05, 0.1) is 0 Å². The Morgan fingerprint density at radius 1 is 1.55 bits per heavy atom. The molecule has 0 saturated carbocycles. The van der Waals surface area contributed by atoms with E-state index in [0.29, 0.717) is 6.42 Å². The van der Waals surface area contributed by atoms with Gasteiger partial charge in [-0.3, -0.25) is 0 Å². The standard InChI is InChI=1S/C15H22N2O3/c1-4-11(8-13(16)17-18)19-12-7-5-6-10-9-15(2,3)20-14(10)12/h5-7,11,18H,4,8-9H2,1-3H3,(H2,16,17). The molecule has 2 rings (SSSR count). The third-order valence-electron chi connectivity index (χ3n) is 3.37. The maximum Gasteiger partial charge on any atom is 0.165 e. The van der Waals surface area contributed by atoms with Gasteiger partial charge < -0.3 is 20.4 Å². The van der Waals surface area contributed by atoms with Crippen LogP contribution in [0.2, 0.25) is 0 Å². The molecule has 5 nitrogen and oxygen atoms in total. The monoisotopic (exact) mass is 278 g/mol. The van der Waals surface area contributed by atoms with Crippen molar-refractivity contribution < 1.29 is 14.7 Å². The minimum absolute atomic E-state index is 0.135. The predicted molar refractivity (Wildman–Crippen MR) is 77.6 cm³/mol. The van der Waals surface area contributed by atoms with Crippen LogP contribution in [0.25, 0.3) is 0 Å². The average Bonchev–Trinajstić information content (AvgIpc) is 2.72. The van der Waals surface area contributed by atoms with Crippen molar-refractivity contribution >= 4 is 5.84 Å². The van der Waals surface area contributed by atoms with Gasteiger partial charge in [-0.2, -0.15) is 0 Å². The van der Waals surface area contributed by atoms with Crippen molar-refractivity contribution in [1.29, 1.82) is 0 Å². The molecule has 0 radical (unpaired) electrons. The number of nitrogens with zero attached hydrogens (tertiary/aromatic N) is 1. The predicted octanol–water partition coefficient (Wildman–Crippen LogP) is 2.69. The molecule has 1 aromatic carbocycles. The summed E-state index contributed by atoms with van der Waals surface area (Å²) >= 11 is 0. The van der Waals surface area contributed by atoms with Crippen molar-refractivity contribution in [3.8, 4) is 11.5 Å². The molecule has 1 heterocycles. The van der Waals surface area contributed by atoms with Crippen molar-refractivity contribution in [3.05, 3.63) is 23.8 Å². The number of amidine groups is 1. The molecule has 1 aliphatic rings. The average molecular weight is 278 g/mol. The van der Waals surface area contributed by atoms with Gasteiger partial charge in [-0.25, -0.2) is 0 Å². The Kier molecular flexibility index (Phi) is 4.06. The second-order valence-corrected chi connectivity index (χ2v) is 5.73. The summed E-state index contributed by atoms with van der Waals surface area (Å²) in [7, 11) is 0. The van der Waals surface area contributed by atoms with Gasteiger partial charge in [0.1, 0.15) is 17.5 Å². The lowest BCUT2D eigenvalue weighted by atomic mass is 10.0. The van der Waals surface area contributed by atoms with E-state index in [1.165, 1.54) is 0 Å². The van der Waals surface area contributed by atoms with Gasteiger partial charge in [0.25, 0.3) is 0 Å². The first-order valence-electron chi connectivity index (χ1n) is 6.89. The molecule has 0 spiro atoms. The number of hydrogen-bond donors (Lipinski definition) is 2. The van der Waals surface area contributed by atoms with E-state index in [4.69, 9.17) is 20.4 Å². The number of oxime groups is 1. The molecule has 0 fully saturated rings. The molecular weight excluding hydrogens is 256 g/mol. The van der Waals surface area contributed by atoms with Crippen molar-refractivity contribution in [2.24, 2.45) is 10.9 Å². The number of rotatable bonds is 5. The topological polar surface area (TPSA) is 77.1 Å². The summed E-state index contributed by atoms with van der Waals surface area (Å²) in [6.45, 7) is 6.12. The van der Waals surface area contributed by atoms with Gasteiger partial charge >= 0.3 is 0 Å². The number of nitrogens with two attached hydrogens (primary N) is 1. The molecule has 110 valence electrons. The van der Waals surface area contributed by atoms with E-state index in [9.17, 15) is 0 Å². The normalized spacial score (nSPS) is 18.2. The fourth-order valence-corrected chi connectivity index (χ4v) is 2.40. The fourth-order valence-electron chi connectivity index (χ4n) is 2.40. The molecule has 0 aromatic heterocycles. The van der Waals surface area contributed by atoms with Crippen molar-refractivity contribution in [2.45, 2.75) is 51.7 Å². The third-order valence-corrected chi connectivity index (χ3v) is 3.37. The minimum Gasteiger partial charge on any atom is -0.486 e. The number of para-hydroxylation sites is 1. The summed E-state index contributed by atoms with van der Waals surface area (Å²) in [4.78, 5) is 0. The van der Waals surface area contributed by atoms with E-state index in [1.807, 2.05) is 19.1 Å². The Balaban J connectivity index is 2.17. The molecule has 0 bridgehead atoms. The Bertz CT molecular complexity index is 512. The molecule has 5 heteroatoms. The summed E-state index contributed by atoms with van der Waals surface area (Å²) in [6, 6.07) is 5.92. The van der Waals surface area contributed by atoms with Gasteiger partial charge in [-0.05, 0) is 26.3 Å². The second kappa shape index (κ2) is 5.61. The third kappa shape index (κ3) is 3.15. The largest absolute Gasteiger partial charge is 0.486 e. The smallest absolute Gasteiger partial charge is 0.165 e. The van der Waals surface area contributed by atoms with Crippen molar-refractivity contribution in [2.75, 3.05) is 0 Å². The second-order valence-electron chi connectivity index (χ2n) is 5.73. The first kappa shape index (κ1) is 14.5. The summed E-state index contributed by atoms with van der Waals surface area (Å²) in [5.41, 5.74) is 6.51. The first-order chi connectivity index (χ1) is 9.45. The molecule has 0 saturated heterocycles. The number of benzene rings is 1. The Morgan fingerprint density at radius 2 is 2.30 bits per heavy atom. The first-order valence-corrected chi connectivity index (χ1v) is 6.89. The van der Waals surface area contributed by atoms with Crippen LogP contribution >= 0.6 is 0 Å². The maximum atomic E-state index is 8.65. The number of hydrogen-bond acceptors (Lipinski definition) is 4. The van der Waals surface area contributed by atoms with Crippen LogP contribution in [0.3, 0.4) is 0 Å². The Hall–Kier alpha value is -1.91. The summed E-state index contributed by atoms with van der Waals surface area (Å²) < 4.78 is 11.9. The maximum absolute atomic E-state index is 8.65. The zero-order valence-electron chi connectivity index (χ0n) is 12.2. The van der Waals surface area contributed by atoms with E-state index in [0.717, 1.165) is 29.9 Å². The molecule has 1 aromatic rings. The molecule has 20 heavy (non-hydrogen) atoms. The van der Waals surface area contributed by atoms with Gasteiger partial charge in [-0.1, -0.05) is 24.2 Å². The highest BCUT2D eigenvalue weighted by molar-refractivity contribution is 5.80. The quantitative estimate of drug-likeness (QED) is 0.376.